The molecule has 3 aromatic rings. The van der Waals surface area contributed by atoms with Crippen LogP contribution in [0.2, 0.25) is 0 Å². The number of nitrogens with zero attached hydrogens (tertiary/aromatic N) is 4. The van der Waals surface area contributed by atoms with Crippen LogP contribution >= 0.6 is 12.2 Å². The van der Waals surface area contributed by atoms with Gasteiger partial charge in [-0.15, -0.1) is 0 Å². The molecule has 1 saturated heterocycles. The molecule has 2 atom stereocenters. The SMILES string of the molecule is Cc1cc(C)c(-n2c(C)cc([C@H]3[C@@H](c4ccccn4)NC(=S)N3CCN(C)C)c2C)c(C)c1. The Kier molecular flexibility index (Phi) is 6.59. The molecule has 1 N–H and O–H groups in total. The van der Waals surface area contributed by atoms with Crippen molar-refractivity contribution in [2.45, 2.75) is 46.7 Å². The highest BCUT2D eigenvalue weighted by Crippen LogP contribution is 2.41. The molecule has 0 amide bonds. The Hall–Kier alpha value is -2.70. The third kappa shape index (κ3) is 4.42. The van der Waals surface area contributed by atoms with Crippen LogP contribution in [0.5, 0.6) is 0 Å². The maximum Gasteiger partial charge on any atom is 0.170 e. The maximum absolute atomic E-state index is 5.84. The largest absolute Gasteiger partial charge is 0.352 e. The molecular weight excluding hydrogens is 426 g/mol. The van der Waals surface area contributed by atoms with Gasteiger partial charge in [0.15, 0.2) is 5.11 Å². The van der Waals surface area contributed by atoms with Crippen molar-refractivity contribution in [2.75, 3.05) is 27.2 Å². The Morgan fingerprint density at radius 2 is 1.73 bits per heavy atom. The van der Waals surface area contributed by atoms with Gasteiger partial charge in [0.2, 0.25) is 0 Å². The third-order valence-corrected chi connectivity index (χ3v) is 6.99. The Morgan fingerprint density at radius 1 is 1.03 bits per heavy atom. The number of hydrogen-bond acceptors (Lipinski definition) is 3. The molecule has 0 bridgehead atoms. The van der Waals surface area contributed by atoms with Gasteiger partial charge in [-0.1, -0.05) is 23.8 Å². The molecule has 1 aliphatic rings. The molecule has 0 radical (unpaired) electrons. The second kappa shape index (κ2) is 9.27. The van der Waals surface area contributed by atoms with E-state index in [-0.39, 0.29) is 12.1 Å². The molecule has 1 aliphatic heterocycles. The van der Waals surface area contributed by atoms with E-state index in [9.17, 15) is 0 Å². The summed E-state index contributed by atoms with van der Waals surface area (Å²) in [7, 11) is 4.21. The molecule has 0 aliphatic carbocycles. The third-order valence-electron chi connectivity index (χ3n) is 6.63. The van der Waals surface area contributed by atoms with Crippen LogP contribution in [0.25, 0.3) is 5.69 Å². The minimum absolute atomic E-state index is 0.00928. The predicted molar refractivity (Wildman–Crippen MR) is 140 cm³/mol. The van der Waals surface area contributed by atoms with E-state index in [1.54, 1.807) is 0 Å². The van der Waals surface area contributed by atoms with Crippen LogP contribution in [0.1, 0.15) is 51.4 Å². The van der Waals surface area contributed by atoms with Crippen molar-refractivity contribution >= 4 is 17.3 Å². The summed E-state index contributed by atoms with van der Waals surface area (Å²) in [5, 5.41) is 4.38. The lowest BCUT2D eigenvalue weighted by molar-refractivity contribution is 0.277. The molecule has 3 heterocycles. The van der Waals surface area contributed by atoms with Crippen LogP contribution in [-0.2, 0) is 0 Å². The van der Waals surface area contributed by atoms with Gasteiger partial charge in [0.1, 0.15) is 0 Å². The molecule has 1 fully saturated rings. The molecule has 1 aromatic carbocycles. The molecule has 4 rings (SSSR count). The predicted octanol–water partition coefficient (Wildman–Crippen LogP) is 4.95. The van der Waals surface area contributed by atoms with Gasteiger partial charge in [-0.3, -0.25) is 4.98 Å². The average Bonchev–Trinajstić information content (AvgIpc) is 3.22. The van der Waals surface area contributed by atoms with Crippen molar-refractivity contribution in [3.63, 3.8) is 0 Å². The summed E-state index contributed by atoms with van der Waals surface area (Å²) in [6.45, 7) is 12.8. The zero-order valence-corrected chi connectivity index (χ0v) is 21.6. The van der Waals surface area contributed by atoms with Crippen molar-refractivity contribution in [1.29, 1.82) is 0 Å². The fourth-order valence-corrected chi connectivity index (χ4v) is 5.58. The minimum Gasteiger partial charge on any atom is -0.352 e. The summed E-state index contributed by atoms with van der Waals surface area (Å²) >= 11 is 5.84. The number of aryl methyl sites for hydroxylation is 4. The molecule has 5 nitrogen and oxygen atoms in total. The molecule has 0 saturated carbocycles. The van der Waals surface area contributed by atoms with E-state index in [1.165, 1.54) is 39.3 Å². The first-order chi connectivity index (χ1) is 15.7. The van der Waals surface area contributed by atoms with E-state index in [4.69, 9.17) is 12.2 Å². The van der Waals surface area contributed by atoms with E-state index < -0.39 is 0 Å². The van der Waals surface area contributed by atoms with Crippen LogP contribution in [-0.4, -0.2) is 51.6 Å². The molecular formula is C27H35N5S. The first-order valence-corrected chi connectivity index (χ1v) is 12.0. The van der Waals surface area contributed by atoms with Crippen LogP contribution in [0.4, 0.5) is 0 Å². The standard InChI is InChI=1S/C27H35N5S/c1-17-14-18(2)25(19(3)15-17)32-20(4)16-22(21(32)5)26-24(23-10-8-9-11-28-23)29-27(33)31(26)13-12-30(6)7/h8-11,14-16,24,26H,12-13H2,1-7H3,(H,29,33)/t24-,26+/m1/s1. The van der Waals surface area contributed by atoms with Crippen LogP contribution < -0.4 is 5.32 Å². The van der Waals surface area contributed by atoms with Crippen molar-refractivity contribution in [3.05, 3.63) is 81.9 Å². The first-order valence-electron chi connectivity index (χ1n) is 11.6. The van der Waals surface area contributed by atoms with E-state index in [0.29, 0.717) is 0 Å². The topological polar surface area (TPSA) is 36.3 Å². The second-order valence-corrected chi connectivity index (χ2v) is 9.92. The fourth-order valence-electron chi connectivity index (χ4n) is 5.25. The van der Waals surface area contributed by atoms with E-state index >= 15 is 0 Å². The van der Waals surface area contributed by atoms with Gasteiger partial charge in [-0.25, -0.2) is 0 Å². The highest BCUT2D eigenvalue weighted by molar-refractivity contribution is 7.80. The Bertz CT molecular complexity index is 1140. The van der Waals surface area contributed by atoms with Crippen molar-refractivity contribution in [1.82, 2.24) is 24.7 Å². The summed E-state index contributed by atoms with van der Waals surface area (Å²) in [5.41, 5.74) is 9.99. The van der Waals surface area contributed by atoms with Gasteiger partial charge in [0.25, 0.3) is 0 Å². The zero-order valence-electron chi connectivity index (χ0n) is 20.8. The summed E-state index contributed by atoms with van der Waals surface area (Å²) in [4.78, 5) is 9.24. The van der Waals surface area contributed by atoms with Gasteiger partial charge >= 0.3 is 0 Å². The van der Waals surface area contributed by atoms with Gasteiger partial charge in [-0.2, -0.15) is 0 Å². The second-order valence-electron chi connectivity index (χ2n) is 9.53. The summed E-state index contributed by atoms with van der Waals surface area (Å²) in [6, 6.07) is 13.1. The monoisotopic (exact) mass is 461 g/mol. The number of aromatic nitrogens is 2. The molecule has 0 unspecified atom stereocenters. The van der Waals surface area contributed by atoms with Gasteiger partial charge in [0, 0.05) is 30.7 Å². The van der Waals surface area contributed by atoms with Gasteiger partial charge < -0.3 is 19.7 Å². The number of pyridine rings is 1. The summed E-state index contributed by atoms with van der Waals surface area (Å²) in [5.74, 6) is 0. The first kappa shape index (κ1) is 23.5. The number of likely N-dealkylation sites (N-methyl/N-ethyl adjacent to an activating group) is 1. The molecule has 174 valence electrons. The van der Waals surface area contributed by atoms with Crippen molar-refractivity contribution < 1.29 is 0 Å². The molecule has 6 heteroatoms. The smallest absolute Gasteiger partial charge is 0.170 e. The molecule has 2 aromatic heterocycles. The Morgan fingerprint density at radius 3 is 2.33 bits per heavy atom. The van der Waals surface area contributed by atoms with Crippen molar-refractivity contribution in [2.24, 2.45) is 0 Å². The minimum atomic E-state index is 0.00928. The number of nitrogens with one attached hydrogen (secondary N) is 1. The average molecular weight is 462 g/mol. The van der Waals surface area contributed by atoms with E-state index in [1.807, 2.05) is 12.3 Å². The fraction of sp³-hybridized carbons (Fsp3) is 0.407. The molecule has 33 heavy (non-hydrogen) atoms. The maximum atomic E-state index is 5.84. The summed E-state index contributed by atoms with van der Waals surface area (Å²) in [6.07, 6.45) is 1.86. The highest BCUT2D eigenvalue weighted by atomic mass is 32.1. The zero-order chi connectivity index (χ0) is 23.9. The highest BCUT2D eigenvalue weighted by Gasteiger charge is 2.41. The quantitative estimate of drug-likeness (QED) is 0.526. The normalized spacial score (nSPS) is 18.3. The molecule has 0 spiro atoms. The van der Waals surface area contributed by atoms with Gasteiger partial charge in [-0.05, 0) is 95.8 Å². The van der Waals surface area contributed by atoms with Crippen LogP contribution in [0.15, 0.2) is 42.6 Å². The van der Waals surface area contributed by atoms with Crippen LogP contribution in [0.3, 0.4) is 0 Å². The van der Waals surface area contributed by atoms with E-state index in [2.05, 4.69) is 104 Å². The number of hydrogen-bond donors (Lipinski definition) is 1. The van der Waals surface area contributed by atoms with E-state index in [0.717, 1.165) is 23.9 Å². The van der Waals surface area contributed by atoms with Crippen LogP contribution in [0, 0.1) is 34.6 Å². The Labute approximate surface area is 203 Å². The lowest BCUT2D eigenvalue weighted by Crippen LogP contribution is -2.35. The number of benzene rings is 1. The van der Waals surface area contributed by atoms with Gasteiger partial charge in [0.05, 0.1) is 23.5 Å². The number of thiocarbonyl (C=S) groups is 1. The Balaban J connectivity index is 1.85. The lowest BCUT2D eigenvalue weighted by Gasteiger charge is -2.29. The van der Waals surface area contributed by atoms with Crippen molar-refractivity contribution in [3.8, 4) is 5.69 Å². The summed E-state index contributed by atoms with van der Waals surface area (Å²) < 4.78 is 2.42. The number of rotatable bonds is 6. The lowest BCUT2D eigenvalue weighted by atomic mass is 9.96.